The second-order valence-corrected chi connectivity index (χ2v) is 20.0. The van der Waals surface area contributed by atoms with E-state index in [1.54, 1.807) is 10.4 Å². The summed E-state index contributed by atoms with van der Waals surface area (Å²) < 4.78 is 2.41. The van der Waals surface area contributed by atoms with E-state index in [4.69, 9.17) is 0 Å². The molecular formula is C50H41N3Si. The van der Waals surface area contributed by atoms with Crippen LogP contribution in [-0.2, 0) is 0 Å². The molecule has 11 rings (SSSR count). The molecule has 7 aromatic rings. The molecule has 2 atom stereocenters. The first-order valence-corrected chi connectivity index (χ1v) is 22.3. The summed E-state index contributed by atoms with van der Waals surface area (Å²) >= 11 is 0. The first-order chi connectivity index (χ1) is 26.6. The summed E-state index contributed by atoms with van der Waals surface area (Å²) in [5.74, 6) is 0.245. The smallest absolute Gasteiger partial charge is 0.113 e. The summed E-state index contributed by atoms with van der Waals surface area (Å²) in [6.07, 6.45) is 15.8. The predicted molar refractivity (Wildman–Crippen MR) is 231 cm³/mol. The van der Waals surface area contributed by atoms with E-state index in [1.807, 2.05) is 0 Å². The highest BCUT2D eigenvalue weighted by Crippen LogP contribution is 2.54. The lowest BCUT2D eigenvalue weighted by Crippen LogP contribution is -2.49. The number of benzene rings is 6. The van der Waals surface area contributed by atoms with Gasteiger partial charge in [0.15, 0.2) is 0 Å². The highest BCUT2D eigenvalue weighted by Gasteiger charge is 2.43. The monoisotopic (exact) mass is 711 g/mol. The normalized spacial score (nSPS) is 19.0. The minimum atomic E-state index is -1.88. The van der Waals surface area contributed by atoms with Crippen LogP contribution in [0.15, 0.2) is 187 Å². The third-order valence-corrected chi connectivity index (χ3v) is 15.9. The van der Waals surface area contributed by atoms with Gasteiger partial charge >= 0.3 is 0 Å². The van der Waals surface area contributed by atoms with E-state index in [0.29, 0.717) is 0 Å². The molecule has 260 valence electrons. The lowest BCUT2D eigenvalue weighted by molar-refractivity contribution is 0.684. The standard InChI is InChI=1S/C50H41N3Si/c1-54(2)49-25-15-13-23-40(49)44-32-48-43(33-50(44)54)42-30-37(51(34-16-6-3-7-17-34)35-18-8-4-9-19-35)26-28-47(42)53(48)38-27-29-46-41(31-38)39-22-12-14-24-45(39)52(46)36-20-10-5-11-21-36/h3-18,20-29,31-33,35,42H,19,30H2,1-2H3. The van der Waals surface area contributed by atoms with Crippen molar-refractivity contribution >= 4 is 57.3 Å². The molecule has 0 fully saturated rings. The molecule has 0 saturated heterocycles. The van der Waals surface area contributed by atoms with Crippen LogP contribution >= 0.6 is 0 Å². The summed E-state index contributed by atoms with van der Waals surface area (Å²) in [7, 11) is -1.88. The minimum absolute atomic E-state index is 0.245. The van der Waals surface area contributed by atoms with E-state index >= 15 is 0 Å². The molecule has 0 radical (unpaired) electrons. The van der Waals surface area contributed by atoms with Gasteiger partial charge in [-0.25, -0.2) is 0 Å². The van der Waals surface area contributed by atoms with Gasteiger partial charge in [-0.2, -0.15) is 0 Å². The van der Waals surface area contributed by atoms with Gasteiger partial charge in [0.25, 0.3) is 0 Å². The molecule has 1 aromatic heterocycles. The zero-order chi connectivity index (χ0) is 36.0. The Labute approximate surface area is 318 Å². The minimum Gasteiger partial charge on any atom is -0.338 e. The number of allylic oxidation sites excluding steroid dienone is 6. The van der Waals surface area contributed by atoms with E-state index in [1.165, 1.54) is 72.6 Å². The Balaban J connectivity index is 1.12. The van der Waals surface area contributed by atoms with Gasteiger partial charge in [-0.15, -0.1) is 0 Å². The van der Waals surface area contributed by atoms with Crippen molar-refractivity contribution < 1.29 is 0 Å². The van der Waals surface area contributed by atoms with E-state index in [0.717, 1.165) is 12.8 Å². The summed E-state index contributed by atoms with van der Waals surface area (Å²) in [6.45, 7) is 5.08. The second-order valence-electron chi connectivity index (χ2n) is 15.7. The van der Waals surface area contributed by atoms with Crippen molar-refractivity contribution in [3.63, 3.8) is 0 Å². The Kier molecular flexibility index (Phi) is 6.96. The van der Waals surface area contributed by atoms with Gasteiger partial charge in [-0.05, 0) is 100 Å². The van der Waals surface area contributed by atoms with Crippen LogP contribution in [-0.4, -0.2) is 18.7 Å². The Hall–Kier alpha value is -6.10. The number of hydrogen-bond acceptors (Lipinski definition) is 2. The summed E-state index contributed by atoms with van der Waals surface area (Å²) in [5, 5.41) is 5.67. The van der Waals surface area contributed by atoms with Crippen molar-refractivity contribution in [1.82, 2.24) is 4.57 Å². The molecule has 6 aromatic carbocycles. The van der Waals surface area contributed by atoms with Gasteiger partial charge in [-0.3, -0.25) is 0 Å². The predicted octanol–water partition coefficient (Wildman–Crippen LogP) is 11.4. The fraction of sp³-hybridized carbons (Fsp3) is 0.120. The maximum Gasteiger partial charge on any atom is 0.113 e. The number of nitrogens with zero attached hydrogens (tertiary/aromatic N) is 3. The molecule has 0 saturated carbocycles. The molecule has 4 aliphatic rings. The van der Waals surface area contributed by atoms with Gasteiger partial charge in [0.1, 0.15) is 8.07 Å². The largest absolute Gasteiger partial charge is 0.338 e. The lowest BCUT2D eigenvalue weighted by atomic mass is 9.88. The Bertz CT molecular complexity index is 2770. The van der Waals surface area contributed by atoms with Crippen molar-refractivity contribution in [3.8, 4) is 16.8 Å². The topological polar surface area (TPSA) is 11.4 Å². The number of aromatic nitrogens is 1. The number of hydrogen-bond donors (Lipinski definition) is 0. The molecule has 2 aliphatic heterocycles. The average molecular weight is 712 g/mol. The zero-order valence-electron chi connectivity index (χ0n) is 30.7. The van der Waals surface area contributed by atoms with E-state index in [-0.39, 0.29) is 12.0 Å². The second kappa shape index (κ2) is 12.0. The van der Waals surface area contributed by atoms with Crippen LogP contribution in [0.2, 0.25) is 13.1 Å². The van der Waals surface area contributed by atoms with Crippen LogP contribution in [0.5, 0.6) is 0 Å². The summed E-state index contributed by atoms with van der Waals surface area (Å²) in [4.78, 5) is 5.18. The van der Waals surface area contributed by atoms with E-state index in [2.05, 4.69) is 203 Å². The van der Waals surface area contributed by atoms with Crippen LogP contribution in [0.1, 0.15) is 24.3 Å². The third kappa shape index (κ3) is 4.59. The van der Waals surface area contributed by atoms with Crippen LogP contribution < -0.4 is 20.2 Å². The van der Waals surface area contributed by atoms with Crippen molar-refractivity contribution in [2.75, 3.05) is 9.80 Å². The molecule has 3 heterocycles. The van der Waals surface area contributed by atoms with Crippen molar-refractivity contribution in [2.24, 2.45) is 0 Å². The Morgan fingerprint density at radius 1 is 0.630 bits per heavy atom. The third-order valence-electron chi connectivity index (χ3n) is 12.4. The number of fused-ring (bicyclic) bond motifs is 9. The molecule has 0 amide bonds. The van der Waals surface area contributed by atoms with Gasteiger partial charge in [0.2, 0.25) is 0 Å². The maximum atomic E-state index is 2.63. The molecule has 0 bridgehead atoms. The highest BCUT2D eigenvalue weighted by molar-refractivity contribution is 7.03. The molecule has 0 N–H and O–H groups in total. The average Bonchev–Trinajstić information content (AvgIpc) is 3.81. The Morgan fingerprint density at radius 2 is 1.39 bits per heavy atom. The van der Waals surface area contributed by atoms with Crippen LogP contribution in [0.25, 0.3) is 38.6 Å². The highest BCUT2D eigenvalue weighted by atomic mass is 28.3. The van der Waals surface area contributed by atoms with Crippen molar-refractivity contribution in [2.45, 2.75) is 37.9 Å². The fourth-order valence-electron chi connectivity index (χ4n) is 9.88. The SMILES string of the molecule is C[Si]1(C)c2ccccc2-c2cc3c(cc21)C1CC(N(c2ccccc2)C2C=CC=CC2)=CC=C1N3c1ccc2c(c1)c1ccccc1n2-c1ccccc1. The zero-order valence-corrected chi connectivity index (χ0v) is 31.7. The summed E-state index contributed by atoms with van der Waals surface area (Å²) in [6, 6.07) is 52.4. The van der Waals surface area contributed by atoms with Gasteiger partial charge in [0, 0.05) is 51.6 Å². The summed E-state index contributed by atoms with van der Waals surface area (Å²) in [5.41, 5.74) is 14.5. The van der Waals surface area contributed by atoms with E-state index < -0.39 is 8.07 Å². The van der Waals surface area contributed by atoms with Gasteiger partial charge in [-0.1, -0.05) is 122 Å². The molecule has 3 nitrogen and oxygen atoms in total. The number of para-hydroxylation sites is 3. The van der Waals surface area contributed by atoms with Gasteiger partial charge in [0.05, 0.1) is 22.8 Å². The molecule has 4 heteroatoms. The molecule has 2 aliphatic carbocycles. The van der Waals surface area contributed by atoms with Gasteiger partial charge < -0.3 is 14.4 Å². The van der Waals surface area contributed by atoms with E-state index in [9.17, 15) is 0 Å². The quantitative estimate of drug-likeness (QED) is 0.165. The first kappa shape index (κ1) is 31.4. The lowest BCUT2D eigenvalue weighted by Gasteiger charge is -2.37. The number of rotatable bonds is 5. The molecule has 54 heavy (non-hydrogen) atoms. The van der Waals surface area contributed by atoms with Crippen molar-refractivity contribution in [1.29, 1.82) is 0 Å². The maximum absolute atomic E-state index is 2.63. The number of anilines is 3. The Morgan fingerprint density at radius 3 is 2.22 bits per heavy atom. The van der Waals surface area contributed by atoms with Crippen LogP contribution in [0.3, 0.4) is 0 Å². The molecular weight excluding hydrogens is 671 g/mol. The molecule has 0 spiro atoms. The van der Waals surface area contributed by atoms with Crippen LogP contribution in [0, 0.1) is 0 Å². The van der Waals surface area contributed by atoms with Crippen LogP contribution in [0.4, 0.5) is 17.1 Å². The molecule has 2 unspecified atom stereocenters. The van der Waals surface area contributed by atoms with Crippen molar-refractivity contribution in [3.05, 3.63) is 193 Å². The first-order valence-electron chi connectivity index (χ1n) is 19.3. The fourth-order valence-corrected chi connectivity index (χ4v) is 13.0.